The van der Waals surface area contributed by atoms with Crippen LogP contribution in [-0.4, -0.2) is 18.2 Å². The summed E-state index contributed by atoms with van der Waals surface area (Å²) in [4.78, 5) is 11.4. The number of methoxy groups -OCH3 is 1. The van der Waals surface area contributed by atoms with Gasteiger partial charge < -0.3 is 9.84 Å². The van der Waals surface area contributed by atoms with Crippen molar-refractivity contribution in [2.45, 2.75) is 38.0 Å². The van der Waals surface area contributed by atoms with Gasteiger partial charge in [0.25, 0.3) is 0 Å². The molecule has 0 saturated heterocycles. The van der Waals surface area contributed by atoms with E-state index in [0.717, 1.165) is 11.1 Å². The number of benzene rings is 1. The van der Waals surface area contributed by atoms with Crippen LogP contribution >= 0.6 is 0 Å². The zero-order valence-electron chi connectivity index (χ0n) is 10.5. The Morgan fingerprint density at radius 1 is 1.41 bits per heavy atom. The van der Waals surface area contributed by atoms with Crippen LogP contribution in [0, 0.1) is 0 Å². The summed E-state index contributed by atoms with van der Waals surface area (Å²) >= 11 is 0. The van der Waals surface area contributed by atoms with Gasteiger partial charge in [-0.05, 0) is 30.4 Å². The van der Waals surface area contributed by atoms with Gasteiger partial charge in [0.05, 0.1) is 12.5 Å². The Balaban J connectivity index is 2.50. The van der Waals surface area contributed by atoms with E-state index in [0.29, 0.717) is 24.5 Å². The van der Waals surface area contributed by atoms with Crippen molar-refractivity contribution in [2.24, 2.45) is 0 Å². The lowest BCUT2D eigenvalue weighted by Gasteiger charge is -2.17. The second-order valence-electron chi connectivity index (χ2n) is 5.00. The number of carbonyl (C=O) groups is 1. The maximum Gasteiger partial charge on any atom is 0.314 e. The Labute approximate surface area is 101 Å². The molecular formula is C14H18O3. The lowest BCUT2D eigenvalue weighted by molar-refractivity contribution is -0.140. The van der Waals surface area contributed by atoms with Gasteiger partial charge in [-0.25, -0.2) is 0 Å². The first-order chi connectivity index (χ1) is 8.01. The highest BCUT2D eigenvalue weighted by molar-refractivity contribution is 5.86. The van der Waals surface area contributed by atoms with Gasteiger partial charge in [0, 0.05) is 5.56 Å². The largest absolute Gasteiger partial charge is 0.496 e. The smallest absolute Gasteiger partial charge is 0.314 e. The third-order valence-electron chi connectivity index (χ3n) is 3.57. The number of ether oxygens (including phenoxy) is 1. The second-order valence-corrected chi connectivity index (χ2v) is 5.00. The van der Waals surface area contributed by atoms with Gasteiger partial charge in [0.1, 0.15) is 5.75 Å². The lowest BCUT2D eigenvalue weighted by atomic mass is 9.91. The summed E-state index contributed by atoms with van der Waals surface area (Å²) in [6, 6.07) is 5.88. The third kappa shape index (κ3) is 1.90. The topological polar surface area (TPSA) is 46.5 Å². The molecular weight excluding hydrogens is 216 g/mol. The standard InChI is InChI=1S/C14H18O3/c1-9(2)10-4-5-12(17-3)11(8-10)14(6-7-14)13(15)16/h4-5,8-9H,6-7H2,1-3H3,(H,15,16). The Kier molecular flexibility index (Phi) is 2.86. The SMILES string of the molecule is COc1ccc(C(C)C)cc1C1(C(=O)O)CC1. The first-order valence-corrected chi connectivity index (χ1v) is 5.93. The van der Waals surface area contributed by atoms with E-state index in [-0.39, 0.29) is 0 Å². The average molecular weight is 234 g/mol. The summed E-state index contributed by atoms with van der Waals surface area (Å²) in [7, 11) is 1.59. The minimum atomic E-state index is -0.739. The molecule has 1 aliphatic rings. The van der Waals surface area contributed by atoms with Crippen LogP contribution in [0.3, 0.4) is 0 Å². The van der Waals surface area contributed by atoms with E-state index in [1.807, 2.05) is 18.2 Å². The fourth-order valence-corrected chi connectivity index (χ4v) is 2.18. The number of hydrogen-bond donors (Lipinski definition) is 1. The van der Waals surface area contributed by atoms with E-state index in [2.05, 4.69) is 13.8 Å². The van der Waals surface area contributed by atoms with E-state index in [1.165, 1.54) is 0 Å². The molecule has 92 valence electrons. The number of aliphatic carboxylic acids is 1. The third-order valence-corrected chi connectivity index (χ3v) is 3.57. The number of hydrogen-bond acceptors (Lipinski definition) is 2. The zero-order chi connectivity index (χ0) is 12.6. The Hall–Kier alpha value is -1.51. The number of carboxylic acid groups (broad SMARTS) is 1. The summed E-state index contributed by atoms with van der Waals surface area (Å²) in [6.07, 6.45) is 1.42. The molecule has 0 unspecified atom stereocenters. The summed E-state index contributed by atoms with van der Waals surface area (Å²) < 4.78 is 5.29. The van der Waals surface area contributed by atoms with Crippen LogP contribution in [0.25, 0.3) is 0 Å². The molecule has 0 spiro atoms. The molecule has 0 heterocycles. The molecule has 2 rings (SSSR count). The fourth-order valence-electron chi connectivity index (χ4n) is 2.18. The van der Waals surface area contributed by atoms with E-state index in [4.69, 9.17) is 4.74 Å². The molecule has 1 saturated carbocycles. The molecule has 0 radical (unpaired) electrons. The minimum absolute atomic E-state index is 0.393. The molecule has 1 aliphatic carbocycles. The van der Waals surface area contributed by atoms with Gasteiger partial charge in [-0.1, -0.05) is 26.0 Å². The maximum atomic E-state index is 11.4. The molecule has 3 heteroatoms. The molecule has 0 atom stereocenters. The average Bonchev–Trinajstić information content (AvgIpc) is 3.09. The minimum Gasteiger partial charge on any atom is -0.496 e. The molecule has 1 fully saturated rings. The van der Waals surface area contributed by atoms with Crippen molar-refractivity contribution in [2.75, 3.05) is 7.11 Å². The first-order valence-electron chi connectivity index (χ1n) is 5.93. The summed E-state index contributed by atoms with van der Waals surface area (Å²) in [5.41, 5.74) is 1.29. The monoisotopic (exact) mass is 234 g/mol. The van der Waals surface area contributed by atoms with Crippen molar-refractivity contribution < 1.29 is 14.6 Å². The number of carboxylic acids is 1. The lowest BCUT2D eigenvalue weighted by Crippen LogP contribution is -2.20. The van der Waals surface area contributed by atoms with Gasteiger partial charge in [0.2, 0.25) is 0 Å². The molecule has 3 nitrogen and oxygen atoms in total. The molecule has 17 heavy (non-hydrogen) atoms. The van der Waals surface area contributed by atoms with Gasteiger partial charge in [-0.2, -0.15) is 0 Å². The Morgan fingerprint density at radius 3 is 2.47 bits per heavy atom. The second kappa shape index (κ2) is 4.06. The van der Waals surface area contributed by atoms with Crippen LogP contribution in [0.2, 0.25) is 0 Å². The normalized spacial score (nSPS) is 16.9. The summed E-state index contributed by atoms with van der Waals surface area (Å²) in [6.45, 7) is 4.21. The van der Waals surface area contributed by atoms with Crippen LogP contribution in [0.15, 0.2) is 18.2 Å². The van der Waals surface area contributed by atoms with Crippen LogP contribution < -0.4 is 4.74 Å². The van der Waals surface area contributed by atoms with Crippen molar-refractivity contribution >= 4 is 5.97 Å². The van der Waals surface area contributed by atoms with E-state index < -0.39 is 11.4 Å². The van der Waals surface area contributed by atoms with Crippen molar-refractivity contribution in [3.8, 4) is 5.75 Å². The van der Waals surface area contributed by atoms with E-state index in [1.54, 1.807) is 7.11 Å². The molecule has 1 N–H and O–H groups in total. The van der Waals surface area contributed by atoms with Crippen LogP contribution in [0.4, 0.5) is 0 Å². The predicted octanol–water partition coefficient (Wildman–Crippen LogP) is 2.93. The summed E-state index contributed by atoms with van der Waals surface area (Å²) in [5, 5.41) is 9.35. The molecule has 1 aromatic rings. The highest BCUT2D eigenvalue weighted by Crippen LogP contribution is 2.52. The van der Waals surface area contributed by atoms with E-state index in [9.17, 15) is 9.90 Å². The number of rotatable bonds is 4. The Bertz CT molecular complexity index is 445. The first kappa shape index (κ1) is 12.0. The van der Waals surface area contributed by atoms with Crippen LogP contribution in [0.5, 0.6) is 5.75 Å². The van der Waals surface area contributed by atoms with Crippen LogP contribution in [0.1, 0.15) is 43.7 Å². The predicted molar refractivity (Wildman–Crippen MR) is 65.6 cm³/mol. The zero-order valence-corrected chi connectivity index (χ0v) is 10.5. The van der Waals surface area contributed by atoms with Crippen molar-refractivity contribution in [3.63, 3.8) is 0 Å². The van der Waals surface area contributed by atoms with Crippen molar-refractivity contribution in [1.29, 1.82) is 0 Å². The highest BCUT2D eigenvalue weighted by Gasteiger charge is 2.53. The molecule has 1 aromatic carbocycles. The highest BCUT2D eigenvalue weighted by atomic mass is 16.5. The van der Waals surface area contributed by atoms with Gasteiger partial charge >= 0.3 is 5.97 Å². The van der Waals surface area contributed by atoms with Crippen molar-refractivity contribution in [1.82, 2.24) is 0 Å². The quantitative estimate of drug-likeness (QED) is 0.871. The fraction of sp³-hybridized carbons (Fsp3) is 0.500. The molecule has 0 aromatic heterocycles. The van der Waals surface area contributed by atoms with E-state index >= 15 is 0 Å². The van der Waals surface area contributed by atoms with Crippen LogP contribution in [-0.2, 0) is 10.2 Å². The Morgan fingerprint density at radius 2 is 2.06 bits per heavy atom. The maximum absolute atomic E-state index is 11.4. The molecule has 0 amide bonds. The van der Waals surface area contributed by atoms with Gasteiger partial charge in [-0.3, -0.25) is 4.79 Å². The molecule has 0 aliphatic heterocycles. The van der Waals surface area contributed by atoms with Gasteiger partial charge in [-0.15, -0.1) is 0 Å². The van der Waals surface area contributed by atoms with Gasteiger partial charge in [0.15, 0.2) is 0 Å². The van der Waals surface area contributed by atoms with Crippen molar-refractivity contribution in [3.05, 3.63) is 29.3 Å². The molecule has 0 bridgehead atoms. The summed E-state index contributed by atoms with van der Waals surface area (Å²) in [5.74, 6) is 0.343.